The third-order valence-electron chi connectivity index (χ3n) is 3.75. The molecule has 0 aliphatic rings. The van der Waals surface area contributed by atoms with Crippen molar-refractivity contribution < 1.29 is 14.0 Å². The number of nitrogens with zero attached hydrogens (tertiary/aromatic N) is 2. The number of carbonyl (C=O) groups excluding carboxylic acids is 2. The van der Waals surface area contributed by atoms with E-state index in [1.54, 1.807) is 18.4 Å². The van der Waals surface area contributed by atoms with Crippen molar-refractivity contribution in [3.05, 3.63) is 64.5 Å². The number of furan rings is 1. The number of anilines is 1. The van der Waals surface area contributed by atoms with E-state index in [-0.39, 0.29) is 29.3 Å². The topological polar surface area (TPSA) is 97.1 Å². The normalized spacial score (nSPS) is 11.7. The minimum atomic E-state index is -0.304. The van der Waals surface area contributed by atoms with E-state index in [9.17, 15) is 9.59 Å². The van der Waals surface area contributed by atoms with Crippen LogP contribution in [-0.4, -0.2) is 28.1 Å². The molecule has 0 saturated heterocycles. The number of amides is 2. The van der Waals surface area contributed by atoms with Gasteiger partial charge in [0.05, 0.1) is 6.26 Å². The Hall–Kier alpha value is -3.00. The SMILES string of the molecule is C[C@H](Cc1ccco1)NC(=O)CCc1nnc(C(=O)Nc2ccccc2)s1. The number of benzene rings is 1. The highest BCUT2D eigenvalue weighted by Crippen LogP contribution is 2.14. The first kappa shape index (κ1) is 18.8. The fraction of sp³-hybridized carbons (Fsp3) is 0.263. The number of aryl methyl sites for hydroxylation is 1. The van der Waals surface area contributed by atoms with Crippen LogP contribution in [0.3, 0.4) is 0 Å². The van der Waals surface area contributed by atoms with Crippen LogP contribution in [-0.2, 0) is 17.6 Å². The van der Waals surface area contributed by atoms with Gasteiger partial charge in [0.25, 0.3) is 5.91 Å². The minimum Gasteiger partial charge on any atom is -0.469 e. The van der Waals surface area contributed by atoms with Gasteiger partial charge in [-0.1, -0.05) is 29.5 Å². The van der Waals surface area contributed by atoms with Crippen LogP contribution in [0.2, 0.25) is 0 Å². The second-order valence-electron chi connectivity index (χ2n) is 6.07. The first-order valence-electron chi connectivity index (χ1n) is 8.60. The largest absolute Gasteiger partial charge is 0.469 e. The summed E-state index contributed by atoms with van der Waals surface area (Å²) in [6, 6.07) is 12.8. The average molecular weight is 384 g/mol. The first-order chi connectivity index (χ1) is 13.1. The summed E-state index contributed by atoms with van der Waals surface area (Å²) < 4.78 is 5.28. The Morgan fingerprint density at radius 3 is 2.70 bits per heavy atom. The maximum Gasteiger partial charge on any atom is 0.286 e. The number of carbonyl (C=O) groups is 2. The zero-order chi connectivity index (χ0) is 19.1. The lowest BCUT2D eigenvalue weighted by Gasteiger charge is -2.11. The second-order valence-corrected chi connectivity index (χ2v) is 7.14. The molecule has 2 aromatic heterocycles. The molecule has 140 valence electrons. The van der Waals surface area contributed by atoms with Crippen molar-refractivity contribution in [1.29, 1.82) is 0 Å². The number of aromatic nitrogens is 2. The van der Waals surface area contributed by atoms with Gasteiger partial charge >= 0.3 is 0 Å². The number of hydrogen-bond acceptors (Lipinski definition) is 6. The van der Waals surface area contributed by atoms with Crippen molar-refractivity contribution in [3.63, 3.8) is 0 Å². The Morgan fingerprint density at radius 2 is 1.96 bits per heavy atom. The van der Waals surface area contributed by atoms with E-state index in [1.807, 2.05) is 37.3 Å². The smallest absolute Gasteiger partial charge is 0.286 e. The molecule has 2 amide bonds. The number of rotatable bonds is 8. The van der Waals surface area contributed by atoms with E-state index in [4.69, 9.17) is 4.42 Å². The summed E-state index contributed by atoms with van der Waals surface area (Å²) in [6.07, 6.45) is 2.99. The fourth-order valence-electron chi connectivity index (χ4n) is 2.50. The molecule has 1 aromatic carbocycles. The van der Waals surface area contributed by atoms with E-state index < -0.39 is 0 Å². The lowest BCUT2D eigenvalue weighted by atomic mass is 10.2. The van der Waals surface area contributed by atoms with Crippen LogP contribution in [0.15, 0.2) is 53.1 Å². The molecule has 1 atom stereocenters. The Bertz CT molecular complexity index is 878. The Morgan fingerprint density at radius 1 is 1.15 bits per heavy atom. The standard InChI is InChI=1S/C19H20N4O3S/c1-13(12-15-8-5-11-26-15)20-16(24)9-10-17-22-23-19(27-17)18(25)21-14-6-3-2-4-7-14/h2-8,11,13H,9-10,12H2,1H3,(H,20,24)(H,21,25)/t13-/m1/s1. The summed E-state index contributed by atoms with van der Waals surface area (Å²) >= 11 is 1.20. The lowest BCUT2D eigenvalue weighted by Crippen LogP contribution is -2.34. The van der Waals surface area contributed by atoms with Gasteiger partial charge in [-0.05, 0) is 31.2 Å². The van der Waals surface area contributed by atoms with Crippen molar-refractivity contribution in [3.8, 4) is 0 Å². The van der Waals surface area contributed by atoms with Gasteiger partial charge in [0, 0.05) is 31.0 Å². The van der Waals surface area contributed by atoms with E-state index in [0.29, 0.717) is 23.5 Å². The monoisotopic (exact) mass is 384 g/mol. The zero-order valence-electron chi connectivity index (χ0n) is 14.8. The molecule has 2 N–H and O–H groups in total. The van der Waals surface area contributed by atoms with Gasteiger partial charge < -0.3 is 15.1 Å². The van der Waals surface area contributed by atoms with Crippen molar-refractivity contribution in [2.45, 2.75) is 32.2 Å². The molecule has 0 spiro atoms. The molecule has 3 aromatic rings. The molecule has 0 fully saturated rings. The maximum atomic E-state index is 12.2. The fourth-order valence-corrected chi connectivity index (χ4v) is 3.24. The van der Waals surface area contributed by atoms with Gasteiger partial charge in [-0.3, -0.25) is 9.59 Å². The van der Waals surface area contributed by atoms with Gasteiger partial charge in [0.1, 0.15) is 10.8 Å². The molecule has 0 aliphatic carbocycles. The molecule has 2 heterocycles. The van der Waals surface area contributed by atoms with Crippen molar-refractivity contribution in [2.75, 3.05) is 5.32 Å². The second kappa shape index (κ2) is 9.09. The predicted octanol–water partition coefficient (Wildman–Crippen LogP) is 3.06. The highest BCUT2D eigenvalue weighted by Gasteiger charge is 2.15. The van der Waals surface area contributed by atoms with Crippen LogP contribution in [0.4, 0.5) is 5.69 Å². The summed E-state index contributed by atoms with van der Waals surface area (Å²) in [4.78, 5) is 24.2. The van der Waals surface area contributed by atoms with E-state index in [2.05, 4.69) is 20.8 Å². The van der Waals surface area contributed by atoms with E-state index in [1.165, 1.54) is 11.3 Å². The summed E-state index contributed by atoms with van der Waals surface area (Å²) in [5, 5.41) is 14.5. The molecule has 0 bridgehead atoms. The molecule has 0 radical (unpaired) electrons. The number of para-hydroxylation sites is 1. The molecular weight excluding hydrogens is 364 g/mol. The molecule has 3 rings (SSSR count). The van der Waals surface area contributed by atoms with Gasteiger partial charge in [0.15, 0.2) is 0 Å². The summed E-state index contributed by atoms with van der Waals surface area (Å²) in [6.45, 7) is 1.93. The van der Waals surface area contributed by atoms with Gasteiger partial charge in [0.2, 0.25) is 10.9 Å². The number of nitrogens with one attached hydrogen (secondary N) is 2. The molecule has 0 unspecified atom stereocenters. The molecule has 8 heteroatoms. The Balaban J connectivity index is 1.44. The van der Waals surface area contributed by atoms with Crippen LogP contribution in [0.5, 0.6) is 0 Å². The van der Waals surface area contributed by atoms with E-state index >= 15 is 0 Å². The average Bonchev–Trinajstić information content (AvgIpc) is 3.32. The Kier molecular flexibility index (Phi) is 6.32. The van der Waals surface area contributed by atoms with Crippen LogP contribution >= 0.6 is 11.3 Å². The summed E-state index contributed by atoms with van der Waals surface area (Å²) in [7, 11) is 0. The lowest BCUT2D eigenvalue weighted by molar-refractivity contribution is -0.121. The summed E-state index contributed by atoms with van der Waals surface area (Å²) in [5.74, 6) is 0.460. The molecule has 27 heavy (non-hydrogen) atoms. The maximum absolute atomic E-state index is 12.2. The van der Waals surface area contributed by atoms with Crippen LogP contribution in [0.1, 0.15) is 33.9 Å². The highest BCUT2D eigenvalue weighted by atomic mass is 32.1. The molecule has 0 saturated carbocycles. The van der Waals surface area contributed by atoms with Crippen LogP contribution in [0.25, 0.3) is 0 Å². The molecule has 0 aliphatic heterocycles. The predicted molar refractivity (Wildman–Crippen MR) is 103 cm³/mol. The van der Waals surface area contributed by atoms with Crippen LogP contribution in [0, 0.1) is 0 Å². The molecule has 7 nitrogen and oxygen atoms in total. The Labute approximate surface area is 160 Å². The highest BCUT2D eigenvalue weighted by molar-refractivity contribution is 7.13. The van der Waals surface area contributed by atoms with Crippen molar-refractivity contribution in [2.24, 2.45) is 0 Å². The third-order valence-corrected chi connectivity index (χ3v) is 4.74. The zero-order valence-corrected chi connectivity index (χ0v) is 15.7. The van der Waals surface area contributed by atoms with Gasteiger partial charge in [-0.15, -0.1) is 10.2 Å². The molecular formula is C19H20N4O3S. The van der Waals surface area contributed by atoms with Crippen molar-refractivity contribution >= 4 is 28.8 Å². The first-order valence-corrected chi connectivity index (χ1v) is 9.42. The van der Waals surface area contributed by atoms with Crippen LogP contribution < -0.4 is 10.6 Å². The summed E-state index contributed by atoms with van der Waals surface area (Å²) in [5.41, 5.74) is 0.698. The van der Waals surface area contributed by atoms with Crippen molar-refractivity contribution in [1.82, 2.24) is 15.5 Å². The van der Waals surface area contributed by atoms with E-state index in [0.717, 1.165) is 5.76 Å². The third kappa shape index (κ3) is 5.75. The quantitative estimate of drug-likeness (QED) is 0.622. The van der Waals surface area contributed by atoms with Gasteiger partial charge in [-0.25, -0.2) is 0 Å². The van der Waals surface area contributed by atoms with Gasteiger partial charge in [-0.2, -0.15) is 0 Å². The number of hydrogen-bond donors (Lipinski definition) is 2. The minimum absolute atomic E-state index is 0.0229.